The van der Waals surface area contributed by atoms with Gasteiger partial charge in [-0.1, -0.05) is 23.2 Å². The van der Waals surface area contributed by atoms with E-state index in [4.69, 9.17) is 28.5 Å². The van der Waals surface area contributed by atoms with Crippen molar-refractivity contribution >= 4 is 40.7 Å². The van der Waals surface area contributed by atoms with Gasteiger partial charge in [-0.2, -0.15) is 5.26 Å². The first-order valence-electron chi connectivity index (χ1n) is 4.45. The highest BCUT2D eigenvalue weighted by Gasteiger charge is 2.14. The average molecular weight is 272 g/mol. The summed E-state index contributed by atoms with van der Waals surface area (Å²) in [7, 11) is 0. The smallest absolute Gasteiger partial charge is 0.313 e. The van der Waals surface area contributed by atoms with Crippen molar-refractivity contribution in [3.8, 4) is 6.07 Å². The molecule has 0 unspecified atom stereocenters. The SMILES string of the molecule is N#CCNC(=O)C(=O)Nc1cc(Cl)ccc1Cl. The molecule has 0 bridgehead atoms. The lowest BCUT2D eigenvalue weighted by atomic mass is 10.3. The van der Waals surface area contributed by atoms with Crippen molar-refractivity contribution in [2.75, 3.05) is 11.9 Å². The average Bonchev–Trinajstić information content (AvgIpc) is 2.30. The van der Waals surface area contributed by atoms with Gasteiger partial charge in [0.25, 0.3) is 0 Å². The molecule has 0 fully saturated rings. The third kappa shape index (κ3) is 3.94. The summed E-state index contributed by atoms with van der Waals surface area (Å²) < 4.78 is 0. The molecule has 0 aliphatic heterocycles. The van der Waals surface area contributed by atoms with Crippen LogP contribution in [0.3, 0.4) is 0 Å². The normalized spacial score (nSPS) is 9.24. The van der Waals surface area contributed by atoms with E-state index in [0.29, 0.717) is 5.02 Å². The summed E-state index contributed by atoms with van der Waals surface area (Å²) in [6.45, 7) is -0.241. The molecule has 0 saturated carbocycles. The Morgan fingerprint density at radius 2 is 2.00 bits per heavy atom. The van der Waals surface area contributed by atoms with Crippen LogP contribution in [-0.2, 0) is 9.59 Å². The minimum Gasteiger partial charge on any atom is -0.335 e. The van der Waals surface area contributed by atoms with Crippen molar-refractivity contribution in [2.45, 2.75) is 0 Å². The number of amides is 2. The van der Waals surface area contributed by atoms with Gasteiger partial charge in [-0.3, -0.25) is 9.59 Å². The van der Waals surface area contributed by atoms with Gasteiger partial charge in [-0.05, 0) is 18.2 Å². The molecule has 17 heavy (non-hydrogen) atoms. The molecule has 7 heteroatoms. The number of carbonyl (C=O) groups is 2. The van der Waals surface area contributed by atoms with Crippen molar-refractivity contribution in [1.29, 1.82) is 5.26 Å². The maximum atomic E-state index is 11.3. The van der Waals surface area contributed by atoms with Crippen LogP contribution in [0.2, 0.25) is 10.0 Å². The Balaban J connectivity index is 2.71. The standard InChI is InChI=1S/C10H7Cl2N3O2/c11-6-1-2-7(12)8(5-6)15-10(17)9(16)14-4-3-13/h1-2,5H,4H2,(H,14,16)(H,15,17). The van der Waals surface area contributed by atoms with Crippen LogP contribution < -0.4 is 10.6 Å². The predicted molar refractivity (Wildman–Crippen MR) is 63.7 cm³/mol. The monoisotopic (exact) mass is 271 g/mol. The third-order valence-corrected chi connectivity index (χ3v) is 2.28. The van der Waals surface area contributed by atoms with Crippen LogP contribution in [0.5, 0.6) is 0 Å². The van der Waals surface area contributed by atoms with Crippen molar-refractivity contribution in [1.82, 2.24) is 5.32 Å². The zero-order chi connectivity index (χ0) is 12.8. The van der Waals surface area contributed by atoms with Crippen LogP contribution in [0.4, 0.5) is 5.69 Å². The molecule has 1 rings (SSSR count). The topological polar surface area (TPSA) is 82.0 Å². The Kier molecular flexibility index (Phi) is 4.76. The van der Waals surface area contributed by atoms with Crippen LogP contribution in [0.15, 0.2) is 18.2 Å². The van der Waals surface area contributed by atoms with Crippen molar-refractivity contribution in [2.24, 2.45) is 0 Å². The highest BCUT2D eigenvalue weighted by Crippen LogP contribution is 2.25. The van der Waals surface area contributed by atoms with E-state index in [2.05, 4.69) is 10.6 Å². The van der Waals surface area contributed by atoms with Crippen molar-refractivity contribution < 1.29 is 9.59 Å². The zero-order valence-corrected chi connectivity index (χ0v) is 9.97. The number of hydrogen-bond acceptors (Lipinski definition) is 3. The second-order valence-corrected chi connectivity index (χ2v) is 3.76. The van der Waals surface area contributed by atoms with E-state index in [-0.39, 0.29) is 17.3 Å². The number of carbonyl (C=O) groups excluding carboxylic acids is 2. The Morgan fingerprint density at radius 3 is 2.65 bits per heavy atom. The van der Waals surface area contributed by atoms with Gasteiger partial charge in [-0.15, -0.1) is 0 Å². The minimum atomic E-state index is -0.914. The number of halogens is 2. The number of hydrogen-bond donors (Lipinski definition) is 2. The van der Waals surface area contributed by atoms with E-state index in [1.54, 1.807) is 12.1 Å². The summed E-state index contributed by atoms with van der Waals surface area (Å²) in [6, 6.07) is 6.14. The predicted octanol–water partition coefficient (Wildman–Crippen LogP) is 1.57. The molecule has 0 saturated heterocycles. The summed E-state index contributed by atoms with van der Waals surface area (Å²) in [6.07, 6.45) is 0. The first kappa shape index (κ1) is 13.3. The number of rotatable bonds is 2. The molecule has 0 heterocycles. The molecule has 0 aliphatic carbocycles. The molecule has 2 N–H and O–H groups in total. The van der Waals surface area contributed by atoms with Crippen LogP contribution in [0.25, 0.3) is 0 Å². The van der Waals surface area contributed by atoms with Crippen LogP contribution in [-0.4, -0.2) is 18.4 Å². The van der Waals surface area contributed by atoms with Crippen LogP contribution in [0, 0.1) is 11.3 Å². The molecule has 0 spiro atoms. The molecule has 1 aromatic carbocycles. The highest BCUT2D eigenvalue weighted by atomic mass is 35.5. The Hall–Kier alpha value is -1.77. The van der Waals surface area contributed by atoms with Gasteiger partial charge in [-0.25, -0.2) is 0 Å². The fourth-order valence-corrected chi connectivity index (χ4v) is 1.31. The Morgan fingerprint density at radius 1 is 1.29 bits per heavy atom. The van der Waals surface area contributed by atoms with E-state index in [1.807, 2.05) is 0 Å². The van der Waals surface area contributed by atoms with Gasteiger partial charge in [0, 0.05) is 5.02 Å². The molecule has 0 atom stereocenters. The van der Waals surface area contributed by atoms with Gasteiger partial charge in [0.05, 0.1) is 16.8 Å². The summed E-state index contributed by atoms with van der Waals surface area (Å²) in [4.78, 5) is 22.5. The lowest BCUT2D eigenvalue weighted by Gasteiger charge is -2.06. The Bertz CT molecular complexity index is 497. The van der Waals surface area contributed by atoms with Gasteiger partial charge < -0.3 is 10.6 Å². The first-order valence-corrected chi connectivity index (χ1v) is 5.21. The largest absolute Gasteiger partial charge is 0.335 e. The molecule has 0 radical (unpaired) electrons. The van der Waals surface area contributed by atoms with Crippen LogP contribution in [0.1, 0.15) is 0 Å². The highest BCUT2D eigenvalue weighted by molar-refractivity contribution is 6.42. The maximum Gasteiger partial charge on any atom is 0.313 e. The first-order chi connectivity index (χ1) is 8.04. The molecule has 1 aromatic rings. The second kappa shape index (κ2) is 6.09. The molecular formula is C10H7Cl2N3O2. The molecule has 88 valence electrons. The van der Waals surface area contributed by atoms with Crippen molar-refractivity contribution in [3.63, 3.8) is 0 Å². The molecular weight excluding hydrogens is 265 g/mol. The third-order valence-electron chi connectivity index (χ3n) is 1.71. The van der Waals surface area contributed by atoms with E-state index in [1.165, 1.54) is 12.1 Å². The molecule has 0 aromatic heterocycles. The van der Waals surface area contributed by atoms with E-state index in [0.717, 1.165) is 0 Å². The summed E-state index contributed by atoms with van der Waals surface area (Å²) in [5.41, 5.74) is 0.233. The number of anilines is 1. The maximum absolute atomic E-state index is 11.3. The fraction of sp³-hybridized carbons (Fsp3) is 0.100. The van der Waals surface area contributed by atoms with Crippen LogP contribution >= 0.6 is 23.2 Å². The number of benzene rings is 1. The van der Waals surface area contributed by atoms with Gasteiger partial charge in [0.1, 0.15) is 6.54 Å². The second-order valence-electron chi connectivity index (χ2n) is 2.92. The lowest BCUT2D eigenvalue weighted by Crippen LogP contribution is -2.35. The summed E-state index contributed by atoms with van der Waals surface area (Å²) in [5.74, 6) is -1.83. The number of nitrogens with one attached hydrogen (secondary N) is 2. The van der Waals surface area contributed by atoms with Crippen molar-refractivity contribution in [3.05, 3.63) is 28.2 Å². The number of nitriles is 1. The lowest BCUT2D eigenvalue weighted by molar-refractivity contribution is -0.136. The van der Waals surface area contributed by atoms with Gasteiger partial charge >= 0.3 is 11.8 Å². The Labute approximate surface area is 107 Å². The van der Waals surface area contributed by atoms with E-state index < -0.39 is 11.8 Å². The quantitative estimate of drug-likeness (QED) is 0.633. The molecule has 0 aliphatic rings. The zero-order valence-electron chi connectivity index (χ0n) is 8.46. The molecule has 2 amide bonds. The van der Waals surface area contributed by atoms with E-state index >= 15 is 0 Å². The molecule has 5 nitrogen and oxygen atoms in total. The van der Waals surface area contributed by atoms with E-state index in [9.17, 15) is 9.59 Å². The number of nitrogens with zero attached hydrogens (tertiary/aromatic N) is 1. The summed E-state index contributed by atoms with van der Waals surface area (Å²) >= 11 is 11.5. The van der Waals surface area contributed by atoms with Gasteiger partial charge in [0.15, 0.2) is 0 Å². The summed E-state index contributed by atoms with van der Waals surface area (Å²) in [5, 5.41) is 13.3. The minimum absolute atomic E-state index is 0.233. The van der Waals surface area contributed by atoms with Gasteiger partial charge in [0.2, 0.25) is 0 Å². The fourth-order valence-electron chi connectivity index (χ4n) is 0.972.